The molecule has 238 valence electrons. The van der Waals surface area contributed by atoms with Crippen molar-refractivity contribution < 1.29 is 27.8 Å². The van der Waals surface area contributed by atoms with E-state index in [4.69, 9.17) is 14.2 Å². The van der Waals surface area contributed by atoms with E-state index in [0.29, 0.717) is 29.5 Å². The Kier molecular flexibility index (Phi) is 10.1. The summed E-state index contributed by atoms with van der Waals surface area (Å²) in [5.41, 5.74) is 0.630. The normalized spacial score (nSPS) is 20.6. The fraction of sp³-hybridized carbons (Fsp3) is 0.382. The number of hydrogen-bond acceptors (Lipinski definition) is 6. The maximum absolute atomic E-state index is 14.2. The average Bonchev–Trinajstić information content (AvgIpc) is 3.53. The summed E-state index contributed by atoms with van der Waals surface area (Å²) in [5, 5.41) is 6.40. The minimum absolute atomic E-state index is 0.0449. The number of aromatic amines is 1. The molecule has 1 N–H and O–H groups in total. The van der Waals surface area contributed by atoms with Crippen LogP contribution in [0.1, 0.15) is 53.7 Å². The summed E-state index contributed by atoms with van der Waals surface area (Å²) in [4.78, 5) is 28.7. The van der Waals surface area contributed by atoms with Crippen LogP contribution in [0.3, 0.4) is 0 Å². The van der Waals surface area contributed by atoms with E-state index in [1.165, 1.54) is 17.0 Å². The van der Waals surface area contributed by atoms with E-state index in [0.717, 1.165) is 11.1 Å². The zero-order valence-electron chi connectivity index (χ0n) is 25.5. The molecule has 0 bridgehead atoms. The Morgan fingerprint density at radius 2 is 1.62 bits per heavy atom. The predicted octanol–water partition coefficient (Wildman–Crippen LogP) is 5.96. The third-order valence-electron chi connectivity index (χ3n) is 8.61. The van der Waals surface area contributed by atoms with Gasteiger partial charge in [-0.1, -0.05) is 78.9 Å². The molecule has 1 aliphatic rings. The number of carbonyl (C=O) groups excluding carboxylic acids is 1. The van der Waals surface area contributed by atoms with Crippen LogP contribution in [0.4, 0.5) is 13.6 Å². The van der Waals surface area contributed by atoms with E-state index < -0.39 is 42.3 Å². The summed E-state index contributed by atoms with van der Waals surface area (Å²) in [6.45, 7) is 0.660. The molecular formula is C34H38F2N4O5. The first-order valence-electron chi connectivity index (χ1n) is 14.9. The molecule has 0 spiro atoms. The molecular weight excluding hydrogens is 582 g/mol. The lowest BCUT2D eigenvalue weighted by molar-refractivity contribution is -0.0932. The van der Waals surface area contributed by atoms with Gasteiger partial charge in [0.05, 0.1) is 36.9 Å². The summed E-state index contributed by atoms with van der Waals surface area (Å²) in [5.74, 6) is 0. The Hall–Kier alpha value is -4.35. The molecule has 0 radical (unpaired) electrons. The van der Waals surface area contributed by atoms with Gasteiger partial charge in [0.1, 0.15) is 26.3 Å². The van der Waals surface area contributed by atoms with Gasteiger partial charge in [0.2, 0.25) is 0 Å². The molecule has 0 unspecified atom stereocenters. The number of piperidine rings is 1. The quantitative estimate of drug-likeness (QED) is 0.210. The van der Waals surface area contributed by atoms with Gasteiger partial charge >= 0.3 is 11.8 Å². The lowest BCUT2D eigenvalue weighted by Crippen LogP contribution is -2.64. The highest BCUT2D eigenvalue weighted by atomic mass is 19.1. The molecule has 1 amide bonds. The molecule has 3 aromatic carbocycles. The molecule has 1 aromatic heterocycles. The van der Waals surface area contributed by atoms with E-state index >= 15 is 0 Å². The summed E-state index contributed by atoms with van der Waals surface area (Å²) in [6, 6.07) is 23.7. The molecule has 1 aliphatic heterocycles. The number of likely N-dealkylation sites (tertiary alicyclic amines) is 1. The number of hydrogen-bond donors (Lipinski definition) is 1. The van der Waals surface area contributed by atoms with Crippen LogP contribution >= 0.6 is 0 Å². The van der Waals surface area contributed by atoms with E-state index in [-0.39, 0.29) is 26.4 Å². The van der Waals surface area contributed by atoms with Crippen molar-refractivity contribution >= 4 is 6.09 Å². The number of carbonyl (C=O) groups is 1. The number of nitrogens with one attached hydrogen (secondary N) is 1. The van der Waals surface area contributed by atoms with Crippen molar-refractivity contribution in [2.45, 2.75) is 56.9 Å². The van der Waals surface area contributed by atoms with Crippen LogP contribution < -0.4 is 5.69 Å². The molecule has 1 saturated heterocycles. The van der Waals surface area contributed by atoms with Crippen LogP contribution in [0, 0.1) is 0 Å². The van der Waals surface area contributed by atoms with Gasteiger partial charge in [0.25, 0.3) is 0 Å². The first kappa shape index (κ1) is 32.1. The SMILES string of the molecule is COC[C@]1(n2cn[nH]c2=O)CC[C@@](CO[C@H](C)c2cc(CF)cc(CF)c2)(c2ccccc2)N(C(=O)OCc2ccccc2)C1. The van der Waals surface area contributed by atoms with Gasteiger partial charge in [-0.2, -0.15) is 5.10 Å². The van der Waals surface area contributed by atoms with Crippen molar-refractivity contribution in [3.8, 4) is 0 Å². The van der Waals surface area contributed by atoms with E-state index in [9.17, 15) is 18.4 Å². The second-order valence-electron chi connectivity index (χ2n) is 11.5. The van der Waals surface area contributed by atoms with Crippen LogP contribution in [0.2, 0.25) is 0 Å². The fourth-order valence-corrected chi connectivity index (χ4v) is 6.20. The molecule has 0 saturated carbocycles. The number of benzene rings is 3. The zero-order chi connectivity index (χ0) is 31.9. The molecule has 2 heterocycles. The van der Waals surface area contributed by atoms with Gasteiger partial charge < -0.3 is 14.2 Å². The molecule has 11 heteroatoms. The minimum atomic E-state index is -1.02. The maximum Gasteiger partial charge on any atom is 0.410 e. The van der Waals surface area contributed by atoms with Crippen LogP contribution in [0.15, 0.2) is 90.0 Å². The third kappa shape index (κ3) is 6.84. The second-order valence-corrected chi connectivity index (χ2v) is 11.5. The standard InChI is InChI=1S/C34H38F2N4O5/c1-25(29-16-27(18-35)15-28(17-29)19-36)45-23-34(30-11-7-4-8-12-30)14-13-33(22-43-2,40-24-37-38-31(40)41)21-39(34)32(42)44-20-26-9-5-3-6-10-26/h3-12,15-17,24-25H,13-14,18-23H2,1-2H3,(H,38,41)/t25-,33+,34-/m1/s1. The molecule has 45 heavy (non-hydrogen) atoms. The largest absolute Gasteiger partial charge is 0.445 e. The molecule has 5 rings (SSSR count). The number of rotatable bonds is 12. The Labute approximate surface area is 260 Å². The third-order valence-corrected chi connectivity index (χ3v) is 8.61. The number of nitrogens with zero attached hydrogens (tertiary/aromatic N) is 3. The highest BCUT2D eigenvalue weighted by Gasteiger charge is 2.53. The minimum Gasteiger partial charge on any atom is -0.445 e. The van der Waals surface area contributed by atoms with Gasteiger partial charge in [-0.3, -0.25) is 9.47 Å². The van der Waals surface area contributed by atoms with Crippen molar-refractivity contribution in [2.24, 2.45) is 0 Å². The summed E-state index contributed by atoms with van der Waals surface area (Å²) < 4.78 is 46.7. The lowest BCUT2D eigenvalue weighted by Gasteiger charge is -2.53. The Balaban J connectivity index is 1.54. The van der Waals surface area contributed by atoms with Crippen LogP contribution in [-0.2, 0) is 45.2 Å². The van der Waals surface area contributed by atoms with Gasteiger partial charge in [-0.25, -0.2) is 23.5 Å². The van der Waals surface area contributed by atoms with Gasteiger partial charge in [0.15, 0.2) is 0 Å². The van der Waals surface area contributed by atoms with E-state index in [1.54, 1.807) is 24.1 Å². The Morgan fingerprint density at radius 1 is 0.956 bits per heavy atom. The number of alkyl halides is 2. The van der Waals surface area contributed by atoms with Crippen LogP contribution in [0.25, 0.3) is 0 Å². The zero-order valence-corrected chi connectivity index (χ0v) is 25.5. The van der Waals surface area contributed by atoms with Crippen molar-refractivity contribution in [2.75, 3.05) is 26.9 Å². The highest BCUT2D eigenvalue weighted by Crippen LogP contribution is 2.45. The van der Waals surface area contributed by atoms with Crippen LogP contribution in [-0.4, -0.2) is 52.6 Å². The highest BCUT2D eigenvalue weighted by molar-refractivity contribution is 5.70. The number of ether oxygens (including phenoxy) is 3. The summed E-state index contributed by atoms with van der Waals surface area (Å²) in [7, 11) is 1.55. The van der Waals surface area contributed by atoms with Crippen molar-refractivity contribution in [3.63, 3.8) is 0 Å². The molecule has 4 aromatic rings. The second kappa shape index (κ2) is 14.2. The summed E-state index contributed by atoms with van der Waals surface area (Å²) in [6.07, 6.45) is 1.11. The van der Waals surface area contributed by atoms with Gasteiger partial charge in [0, 0.05) is 7.11 Å². The number of amides is 1. The van der Waals surface area contributed by atoms with E-state index in [2.05, 4.69) is 10.2 Å². The van der Waals surface area contributed by atoms with Crippen LogP contribution in [0.5, 0.6) is 0 Å². The maximum atomic E-state index is 14.2. The number of methoxy groups -OCH3 is 1. The van der Waals surface area contributed by atoms with Crippen molar-refractivity contribution in [3.05, 3.63) is 123 Å². The Morgan fingerprint density at radius 3 is 2.22 bits per heavy atom. The first-order chi connectivity index (χ1) is 21.8. The smallest absolute Gasteiger partial charge is 0.410 e. The molecule has 3 atom stereocenters. The lowest BCUT2D eigenvalue weighted by atomic mass is 9.74. The molecule has 0 aliphatic carbocycles. The first-order valence-corrected chi connectivity index (χ1v) is 14.9. The average molecular weight is 621 g/mol. The number of halogens is 2. The van der Waals surface area contributed by atoms with Crippen molar-refractivity contribution in [1.82, 2.24) is 19.7 Å². The predicted molar refractivity (Wildman–Crippen MR) is 164 cm³/mol. The Bertz CT molecular complexity index is 1590. The summed E-state index contributed by atoms with van der Waals surface area (Å²) >= 11 is 0. The monoisotopic (exact) mass is 620 g/mol. The van der Waals surface area contributed by atoms with Gasteiger partial charge in [-0.15, -0.1) is 0 Å². The number of aromatic nitrogens is 3. The van der Waals surface area contributed by atoms with Gasteiger partial charge in [-0.05, 0) is 47.6 Å². The topological polar surface area (TPSA) is 98.7 Å². The van der Waals surface area contributed by atoms with Crippen molar-refractivity contribution in [1.29, 1.82) is 0 Å². The molecule has 1 fully saturated rings. The molecule has 9 nitrogen and oxygen atoms in total. The van der Waals surface area contributed by atoms with E-state index in [1.807, 2.05) is 67.6 Å². The number of H-pyrrole nitrogens is 1. The fourth-order valence-electron chi connectivity index (χ4n) is 6.20.